The molecule has 15 heavy (non-hydrogen) atoms. The molecule has 0 radical (unpaired) electrons. The van der Waals surface area contributed by atoms with Crippen molar-refractivity contribution in [1.82, 2.24) is 10.2 Å². The molecule has 1 saturated heterocycles. The number of carbonyl (C=O) groups excluding carboxylic acids is 1. The van der Waals surface area contributed by atoms with E-state index in [2.05, 4.69) is 11.2 Å². The molecule has 84 valence electrons. The highest BCUT2D eigenvalue weighted by atomic mass is 16.2. The van der Waals surface area contributed by atoms with Crippen molar-refractivity contribution in [3.05, 3.63) is 0 Å². The summed E-state index contributed by atoms with van der Waals surface area (Å²) in [6.45, 7) is 4.61. The van der Waals surface area contributed by atoms with E-state index in [1.807, 2.05) is 11.8 Å². The topological polar surface area (TPSA) is 32.3 Å². The molecule has 1 aliphatic heterocycles. The molecule has 3 heteroatoms. The molecule has 0 aromatic rings. The average Bonchev–Trinajstić information content (AvgIpc) is 2.77. The quantitative estimate of drug-likeness (QED) is 0.684. The molecule has 3 nitrogen and oxygen atoms in total. The summed E-state index contributed by atoms with van der Waals surface area (Å²) in [7, 11) is 0. The van der Waals surface area contributed by atoms with Crippen LogP contribution >= 0.6 is 0 Å². The van der Waals surface area contributed by atoms with E-state index < -0.39 is 0 Å². The number of terminal acetylenes is 1. The van der Waals surface area contributed by atoms with Crippen molar-refractivity contribution in [2.24, 2.45) is 0 Å². The summed E-state index contributed by atoms with van der Waals surface area (Å²) in [5.74, 6) is 2.92. The second kappa shape index (κ2) is 6.47. The third-order valence-corrected chi connectivity index (χ3v) is 2.80. The average molecular weight is 208 g/mol. The lowest BCUT2D eigenvalue weighted by molar-refractivity contribution is -0.130. The van der Waals surface area contributed by atoms with E-state index in [0.717, 1.165) is 32.4 Å². The third kappa shape index (κ3) is 3.93. The van der Waals surface area contributed by atoms with Crippen LogP contribution in [0.3, 0.4) is 0 Å². The summed E-state index contributed by atoms with van der Waals surface area (Å²) >= 11 is 0. The fourth-order valence-electron chi connectivity index (χ4n) is 1.80. The molecule has 1 heterocycles. The van der Waals surface area contributed by atoms with Gasteiger partial charge in [0.15, 0.2) is 0 Å². The van der Waals surface area contributed by atoms with Crippen molar-refractivity contribution in [1.29, 1.82) is 0 Å². The van der Waals surface area contributed by atoms with Gasteiger partial charge < -0.3 is 10.2 Å². The number of amides is 1. The molecular weight excluding hydrogens is 188 g/mol. The second-order valence-electron chi connectivity index (χ2n) is 3.92. The minimum Gasteiger partial charge on any atom is -0.343 e. The zero-order valence-corrected chi connectivity index (χ0v) is 9.46. The summed E-state index contributed by atoms with van der Waals surface area (Å²) in [5.41, 5.74) is 0. The Bertz CT molecular complexity index is 238. The van der Waals surface area contributed by atoms with Gasteiger partial charge in [-0.15, -0.1) is 6.42 Å². The predicted molar refractivity (Wildman–Crippen MR) is 61.3 cm³/mol. The fraction of sp³-hybridized carbons (Fsp3) is 0.750. The summed E-state index contributed by atoms with van der Waals surface area (Å²) in [4.78, 5) is 13.6. The van der Waals surface area contributed by atoms with Crippen LogP contribution < -0.4 is 5.32 Å². The van der Waals surface area contributed by atoms with Gasteiger partial charge in [-0.05, 0) is 19.3 Å². The Morgan fingerprint density at radius 1 is 1.53 bits per heavy atom. The molecule has 1 unspecified atom stereocenters. The van der Waals surface area contributed by atoms with E-state index in [1.165, 1.54) is 0 Å². The molecule has 0 aromatic heterocycles. The fourth-order valence-corrected chi connectivity index (χ4v) is 1.80. The van der Waals surface area contributed by atoms with Crippen LogP contribution in [0.4, 0.5) is 0 Å². The zero-order valence-electron chi connectivity index (χ0n) is 9.46. The van der Waals surface area contributed by atoms with E-state index in [9.17, 15) is 4.79 Å². The number of likely N-dealkylation sites (tertiary alicyclic amines) is 1. The molecule has 1 atom stereocenters. The summed E-state index contributed by atoms with van der Waals surface area (Å²) in [5, 5.41) is 3.19. The van der Waals surface area contributed by atoms with Gasteiger partial charge in [0.1, 0.15) is 0 Å². The van der Waals surface area contributed by atoms with Gasteiger partial charge in [-0.3, -0.25) is 4.79 Å². The van der Waals surface area contributed by atoms with Crippen molar-refractivity contribution in [3.8, 4) is 12.3 Å². The molecule has 1 amide bonds. The van der Waals surface area contributed by atoms with Crippen molar-refractivity contribution < 1.29 is 4.79 Å². The standard InChI is InChI=1S/C12H20N2O/c1-3-11(4-2)13-8-7-12(15)14-9-5-6-10-14/h1,11,13H,4-10H2,2H3. The van der Waals surface area contributed by atoms with Crippen LogP contribution in [-0.2, 0) is 4.79 Å². The monoisotopic (exact) mass is 208 g/mol. The van der Waals surface area contributed by atoms with Crippen LogP contribution in [0, 0.1) is 12.3 Å². The number of hydrogen-bond acceptors (Lipinski definition) is 2. The molecular formula is C12H20N2O. The number of rotatable bonds is 5. The van der Waals surface area contributed by atoms with Gasteiger partial charge in [0.05, 0.1) is 6.04 Å². The van der Waals surface area contributed by atoms with E-state index >= 15 is 0 Å². The first-order chi connectivity index (χ1) is 7.27. The zero-order chi connectivity index (χ0) is 11.1. The van der Waals surface area contributed by atoms with E-state index in [1.54, 1.807) is 0 Å². The molecule has 0 bridgehead atoms. The van der Waals surface area contributed by atoms with Gasteiger partial charge in [-0.25, -0.2) is 0 Å². The SMILES string of the molecule is C#CC(CC)NCCC(=O)N1CCCC1. The molecule has 1 rings (SSSR count). The smallest absolute Gasteiger partial charge is 0.223 e. The molecule has 1 aliphatic rings. The van der Waals surface area contributed by atoms with Gasteiger partial charge in [0, 0.05) is 26.1 Å². The summed E-state index contributed by atoms with van der Waals surface area (Å²) < 4.78 is 0. The first-order valence-corrected chi connectivity index (χ1v) is 5.75. The third-order valence-electron chi connectivity index (χ3n) is 2.80. The van der Waals surface area contributed by atoms with Crippen LogP contribution in [0.25, 0.3) is 0 Å². The van der Waals surface area contributed by atoms with Crippen molar-refractivity contribution in [2.45, 2.75) is 38.6 Å². The Hall–Kier alpha value is -1.01. The predicted octanol–water partition coefficient (Wildman–Crippen LogP) is 1.00. The van der Waals surface area contributed by atoms with Crippen molar-refractivity contribution in [2.75, 3.05) is 19.6 Å². The maximum absolute atomic E-state index is 11.6. The molecule has 1 N–H and O–H groups in total. The Balaban J connectivity index is 2.14. The van der Waals surface area contributed by atoms with Gasteiger partial charge in [-0.1, -0.05) is 12.8 Å². The Morgan fingerprint density at radius 3 is 2.73 bits per heavy atom. The van der Waals surface area contributed by atoms with Crippen LogP contribution in [0.1, 0.15) is 32.6 Å². The largest absolute Gasteiger partial charge is 0.343 e. The second-order valence-corrected chi connectivity index (χ2v) is 3.92. The van der Waals surface area contributed by atoms with Gasteiger partial charge in [0.2, 0.25) is 5.91 Å². The number of nitrogens with one attached hydrogen (secondary N) is 1. The van der Waals surface area contributed by atoms with Gasteiger partial charge in [-0.2, -0.15) is 0 Å². The maximum atomic E-state index is 11.6. The lowest BCUT2D eigenvalue weighted by Gasteiger charge is -2.16. The Labute approximate surface area is 92.2 Å². The minimum atomic E-state index is 0.108. The van der Waals surface area contributed by atoms with Crippen molar-refractivity contribution >= 4 is 5.91 Å². The number of nitrogens with zero attached hydrogens (tertiary/aromatic N) is 1. The molecule has 0 spiro atoms. The first kappa shape index (κ1) is 12.1. The Morgan fingerprint density at radius 2 is 2.20 bits per heavy atom. The van der Waals surface area contributed by atoms with E-state index in [-0.39, 0.29) is 11.9 Å². The van der Waals surface area contributed by atoms with E-state index in [0.29, 0.717) is 13.0 Å². The highest BCUT2D eigenvalue weighted by molar-refractivity contribution is 5.76. The van der Waals surface area contributed by atoms with Crippen LogP contribution in [0.2, 0.25) is 0 Å². The lowest BCUT2D eigenvalue weighted by atomic mass is 10.2. The number of hydrogen-bond donors (Lipinski definition) is 1. The first-order valence-electron chi connectivity index (χ1n) is 5.75. The van der Waals surface area contributed by atoms with Crippen molar-refractivity contribution in [3.63, 3.8) is 0 Å². The Kier molecular flexibility index (Phi) is 5.20. The highest BCUT2D eigenvalue weighted by Gasteiger charge is 2.17. The summed E-state index contributed by atoms with van der Waals surface area (Å²) in [6.07, 6.45) is 9.10. The van der Waals surface area contributed by atoms with E-state index in [4.69, 9.17) is 6.42 Å². The summed E-state index contributed by atoms with van der Waals surface area (Å²) in [6, 6.07) is 0.108. The molecule has 0 aliphatic carbocycles. The highest BCUT2D eigenvalue weighted by Crippen LogP contribution is 2.08. The van der Waals surface area contributed by atoms with Crippen LogP contribution in [0.15, 0.2) is 0 Å². The molecule has 0 aromatic carbocycles. The minimum absolute atomic E-state index is 0.108. The lowest BCUT2D eigenvalue weighted by Crippen LogP contribution is -2.33. The number of carbonyl (C=O) groups is 1. The van der Waals surface area contributed by atoms with Crippen LogP contribution in [-0.4, -0.2) is 36.5 Å². The molecule has 0 saturated carbocycles. The normalized spacial score (nSPS) is 17.5. The van der Waals surface area contributed by atoms with Gasteiger partial charge >= 0.3 is 0 Å². The van der Waals surface area contributed by atoms with Gasteiger partial charge in [0.25, 0.3) is 0 Å². The molecule has 1 fully saturated rings. The maximum Gasteiger partial charge on any atom is 0.223 e. The van der Waals surface area contributed by atoms with Crippen LogP contribution in [0.5, 0.6) is 0 Å².